The molecule has 1 aromatic carbocycles. The highest BCUT2D eigenvalue weighted by Gasteiger charge is 2.28. The molecule has 8 heteroatoms. The molecule has 0 fully saturated rings. The van der Waals surface area contributed by atoms with Crippen LogP contribution in [0.25, 0.3) is 0 Å². The number of thiazole rings is 1. The Morgan fingerprint density at radius 1 is 1.26 bits per heavy atom. The number of imide groups is 1. The highest BCUT2D eigenvalue weighted by atomic mass is 32.1. The average molecular weight is 389 g/mol. The second-order valence-corrected chi connectivity index (χ2v) is 6.91. The van der Waals surface area contributed by atoms with Crippen molar-refractivity contribution in [1.82, 2.24) is 15.2 Å². The first-order valence-corrected chi connectivity index (χ1v) is 9.69. The number of unbranched alkanes of at least 4 members (excludes halogenated alkanes) is 1. The number of urea groups is 1. The third kappa shape index (κ3) is 6.18. The minimum absolute atomic E-state index is 0.0918. The molecular formula is C19H23N3O4S. The number of ketones is 1. The summed E-state index contributed by atoms with van der Waals surface area (Å²) in [6, 6.07) is 7.98. The number of hydrogen-bond acceptors (Lipinski definition) is 5. The Labute approximate surface area is 162 Å². The predicted molar refractivity (Wildman–Crippen MR) is 103 cm³/mol. The van der Waals surface area contributed by atoms with Gasteiger partial charge in [0.1, 0.15) is 0 Å². The van der Waals surface area contributed by atoms with Gasteiger partial charge in [0.25, 0.3) is 0 Å². The van der Waals surface area contributed by atoms with Gasteiger partial charge in [-0.3, -0.25) is 4.79 Å². The highest BCUT2D eigenvalue weighted by molar-refractivity contribution is 7.11. The SMILES string of the molecule is CCCCN(C(=O)O)C(=O)N[C@@H](CCc1ccccc1)C(=O)c1nccs1. The van der Waals surface area contributed by atoms with Crippen molar-refractivity contribution in [2.75, 3.05) is 6.54 Å². The number of aryl methyl sites for hydroxylation is 1. The quantitative estimate of drug-likeness (QED) is 0.635. The zero-order valence-corrected chi connectivity index (χ0v) is 15.9. The molecule has 3 amide bonds. The Hall–Kier alpha value is -2.74. The Balaban J connectivity index is 2.11. The Bertz CT molecular complexity index is 750. The molecule has 0 saturated heterocycles. The van der Waals surface area contributed by atoms with E-state index < -0.39 is 18.2 Å². The van der Waals surface area contributed by atoms with Gasteiger partial charge in [0.05, 0.1) is 6.04 Å². The molecule has 0 spiro atoms. The van der Waals surface area contributed by atoms with Gasteiger partial charge in [-0.15, -0.1) is 11.3 Å². The van der Waals surface area contributed by atoms with Crippen LogP contribution in [0.1, 0.15) is 41.6 Å². The normalized spacial score (nSPS) is 11.6. The van der Waals surface area contributed by atoms with Crippen molar-refractivity contribution in [1.29, 1.82) is 0 Å². The van der Waals surface area contributed by atoms with Crippen molar-refractivity contribution in [2.45, 2.75) is 38.6 Å². The van der Waals surface area contributed by atoms with E-state index >= 15 is 0 Å². The topological polar surface area (TPSA) is 99.6 Å². The standard InChI is InChI=1S/C19H23N3O4S/c1-2-3-12-22(19(25)26)18(24)21-15(16(23)17-20-11-13-27-17)10-9-14-7-5-4-6-8-14/h4-8,11,13,15H,2-3,9-10,12H2,1H3,(H,21,24)(H,25,26)/t15-/m0/s1. The zero-order valence-electron chi connectivity index (χ0n) is 15.1. The molecule has 2 rings (SSSR count). The van der Waals surface area contributed by atoms with Gasteiger partial charge in [-0.1, -0.05) is 43.7 Å². The number of nitrogens with one attached hydrogen (secondary N) is 1. The largest absolute Gasteiger partial charge is 0.465 e. The Morgan fingerprint density at radius 3 is 2.59 bits per heavy atom. The maximum atomic E-state index is 12.7. The number of aromatic nitrogens is 1. The van der Waals surface area contributed by atoms with E-state index in [-0.39, 0.29) is 12.3 Å². The summed E-state index contributed by atoms with van der Waals surface area (Å²) in [5, 5.41) is 13.9. The third-order valence-corrected chi connectivity index (χ3v) is 4.82. The van der Waals surface area contributed by atoms with Crippen LogP contribution >= 0.6 is 11.3 Å². The number of carboxylic acid groups (broad SMARTS) is 1. The minimum Gasteiger partial charge on any atom is -0.465 e. The predicted octanol–water partition coefficient (Wildman–Crippen LogP) is 3.82. The van der Waals surface area contributed by atoms with E-state index in [2.05, 4.69) is 10.3 Å². The first-order chi connectivity index (χ1) is 13.0. The van der Waals surface area contributed by atoms with Crippen LogP contribution in [-0.2, 0) is 6.42 Å². The van der Waals surface area contributed by atoms with Gasteiger partial charge < -0.3 is 10.4 Å². The molecular weight excluding hydrogens is 366 g/mol. The van der Waals surface area contributed by atoms with Crippen LogP contribution < -0.4 is 5.32 Å². The van der Waals surface area contributed by atoms with Gasteiger partial charge in [-0.25, -0.2) is 19.5 Å². The van der Waals surface area contributed by atoms with E-state index in [1.807, 2.05) is 37.3 Å². The molecule has 0 radical (unpaired) electrons. The van der Waals surface area contributed by atoms with Crippen molar-refractivity contribution in [3.05, 3.63) is 52.5 Å². The van der Waals surface area contributed by atoms with E-state index in [0.717, 1.165) is 12.0 Å². The summed E-state index contributed by atoms with van der Waals surface area (Å²) in [5.74, 6) is -0.310. The second kappa shape index (κ2) is 10.4. The van der Waals surface area contributed by atoms with Gasteiger partial charge in [-0.2, -0.15) is 0 Å². The smallest absolute Gasteiger partial charge is 0.415 e. The summed E-state index contributed by atoms with van der Waals surface area (Å²) in [5.41, 5.74) is 1.03. The fraction of sp³-hybridized carbons (Fsp3) is 0.368. The van der Waals surface area contributed by atoms with Crippen LogP contribution in [0, 0.1) is 0 Å². The van der Waals surface area contributed by atoms with E-state index in [4.69, 9.17) is 0 Å². The van der Waals surface area contributed by atoms with Crippen LogP contribution in [0.15, 0.2) is 41.9 Å². The minimum atomic E-state index is -1.33. The number of carbonyl (C=O) groups is 3. The fourth-order valence-corrected chi connectivity index (χ4v) is 3.18. The molecule has 1 heterocycles. The van der Waals surface area contributed by atoms with Gasteiger partial charge in [0.2, 0.25) is 5.78 Å². The van der Waals surface area contributed by atoms with Gasteiger partial charge in [-0.05, 0) is 24.8 Å². The molecule has 2 N–H and O–H groups in total. The molecule has 1 atom stereocenters. The molecule has 0 aliphatic rings. The lowest BCUT2D eigenvalue weighted by molar-refractivity contribution is 0.0931. The summed E-state index contributed by atoms with van der Waals surface area (Å²) in [7, 11) is 0. The van der Waals surface area contributed by atoms with Crippen LogP contribution in [0.2, 0.25) is 0 Å². The summed E-state index contributed by atoms with van der Waals surface area (Å²) in [6.07, 6.45) is 2.45. The molecule has 0 saturated carbocycles. The maximum Gasteiger partial charge on any atom is 0.415 e. The number of Topliss-reactive ketones (excluding diaryl/α,β-unsaturated/α-hetero) is 1. The summed E-state index contributed by atoms with van der Waals surface area (Å²) < 4.78 is 0. The molecule has 0 bridgehead atoms. The van der Waals surface area contributed by atoms with Crippen molar-refractivity contribution in [3.63, 3.8) is 0 Å². The molecule has 0 aliphatic heterocycles. The number of nitrogens with zero attached hydrogens (tertiary/aromatic N) is 2. The number of hydrogen-bond donors (Lipinski definition) is 2. The van der Waals surface area contributed by atoms with Crippen molar-refractivity contribution in [3.8, 4) is 0 Å². The molecule has 144 valence electrons. The second-order valence-electron chi connectivity index (χ2n) is 6.02. The van der Waals surface area contributed by atoms with E-state index in [1.54, 1.807) is 5.38 Å². The number of benzene rings is 1. The number of rotatable bonds is 9. The van der Waals surface area contributed by atoms with Crippen LogP contribution in [0.3, 0.4) is 0 Å². The molecule has 2 aromatic rings. The van der Waals surface area contributed by atoms with Crippen molar-refractivity contribution in [2.24, 2.45) is 0 Å². The zero-order chi connectivity index (χ0) is 19.6. The molecule has 1 aromatic heterocycles. The van der Waals surface area contributed by atoms with E-state index in [1.165, 1.54) is 17.5 Å². The highest BCUT2D eigenvalue weighted by Crippen LogP contribution is 2.13. The Morgan fingerprint density at radius 2 is 2.00 bits per heavy atom. The molecule has 0 unspecified atom stereocenters. The lowest BCUT2D eigenvalue weighted by Crippen LogP contribution is -2.50. The first-order valence-electron chi connectivity index (χ1n) is 8.81. The van der Waals surface area contributed by atoms with Gasteiger partial charge in [0.15, 0.2) is 5.01 Å². The lowest BCUT2D eigenvalue weighted by atomic mass is 10.0. The molecule has 0 aliphatic carbocycles. The summed E-state index contributed by atoms with van der Waals surface area (Å²) >= 11 is 1.19. The number of amides is 3. The first kappa shape index (κ1) is 20.6. The number of carbonyl (C=O) groups excluding carboxylic acids is 2. The van der Waals surface area contributed by atoms with Crippen LogP contribution in [0.5, 0.6) is 0 Å². The van der Waals surface area contributed by atoms with E-state index in [0.29, 0.717) is 29.2 Å². The Kier molecular flexibility index (Phi) is 7.94. The summed E-state index contributed by atoms with van der Waals surface area (Å²) in [4.78, 5) is 41.3. The van der Waals surface area contributed by atoms with Gasteiger partial charge >= 0.3 is 12.1 Å². The van der Waals surface area contributed by atoms with E-state index in [9.17, 15) is 19.5 Å². The fourth-order valence-electron chi connectivity index (χ4n) is 2.55. The molecule has 27 heavy (non-hydrogen) atoms. The monoisotopic (exact) mass is 389 g/mol. The summed E-state index contributed by atoms with van der Waals surface area (Å²) in [6.45, 7) is 2.00. The van der Waals surface area contributed by atoms with Crippen LogP contribution in [-0.4, -0.2) is 45.5 Å². The van der Waals surface area contributed by atoms with Crippen molar-refractivity contribution >= 4 is 29.2 Å². The average Bonchev–Trinajstić information content (AvgIpc) is 3.20. The molecule has 7 nitrogen and oxygen atoms in total. The maximum absolute atomic E-state index is 12.7. The van der Waals surface area contributed by atoms with Gasteiger partial charge in [0, 0.05) is 18.1 Å². The third-order valence-electron chi connectivity index (χ3n) is 4.03. The lowest BCUT2D eigenvalue weighted by Gasteiger charge is -2.22. The van der Waals surface area contributed by atoms with Crippen molar-refractivity contribution < 1.29 is 19.5 Å². The van der Waals surface area contributed by atoms with Crippen LogP contribution in [0.4, 0.5) is 9.59 Å².